The van der Waals surface area contributed by atoms with E-state index in [0.717, 1.165) is 83.9 Å². The zero-order valence-electron chi connectivity index (χ0n) is 18.2. The summed E-state index contributed by atoms with van der Waals surface area (Å²) in [5.74, 6) is 1.35. The summed E-state index contributed by atoms with van der Waals surface area (Å²) < 4.78 is 0. The van der Waals surface area contributed by atoms with Crippen LogP contribution >= 0.6 is 0 Å². The lowest BCUT2D eigenvalue weighted by Crippen LogP contribution is -2.57. The molecule has 1 atom stereocenters. The van der Waals surface area contributed by atoms with E-state index in [4.69, 9.17) is 4.99 Å². The van der Waals surface area contributed by atoms with Gasteiger partial charge in [0.1, 0.15) is 0 Å². The number of carbonyl (C=O) groups excluding carboxylic acids is 2. The van der Waals surface area contributed by atoms with Gasteiger partial charge in [0.2, 0.25) is 11.8 Å². The molecular weight excluding hydrogens is 368 g/mol. The minimum atomic E-state index is -0.0419. The molecule has 2 saturated heterocycles. The van der Waals surface area contributed by atoms with E-state index in [2.05, 4.69) is 27.4 Å². The second-order valence-electron chi connectivity index (χ2n) is 8.41. The highest BCUT2D eigenvalue weighted by atomic mass is 16.2. The molecule has 0 aromatic rings. The molecule has 0 spiro atoms. The predicted octanol–water partition coefficient (Wildman–Crippen LogP) is 0.639. The van der Waals surface area contributed by atoms with E-state index in [-0.39, 0.29) is 17.9 Å². The number of piperazine rings is 1. The molecule has 1 aliphatic carbocycles. The van der Waals surface area contributed by atoms with Gasteiger partial charge in [-0.05, 0) is 46.0 Å². The van der Waals surface area contributed by atoms with Gasteiger partial charge in [0.15, 0.2) is 5.96 Å². The first-order chi connectivity index (χ1) is 14.1. The van der Waals surface area contributed by atoms with Crippen LogP contribution < -0.4 is 10.6 Å². The largest absolute Gasteiger partial charge is 0.357 e. The Hall–Kier alpha value is -1.83. The lowest BCUT2D eigenvalue weighted by molar-refractivity contribution is -0.135. The van der Waals surface area contributed by atoms with Crippen LogP contribution in [0.4, 0.5) is 0 Å². The van der Waals surface area contributed by atoms with E-state index in [1.165, 1.54) is 0 Å². The van der Waals surface area contributed by atoms with Crippen molar-refractivity contribution in [3.8, 4) is 0 Å². The molecule has 0 radical (unpaired) electrons. The van der Waals surface area contributed by atoms with Crippen molar-refractivity contribution < 1.29 is 9.59 Å². The van der Waals surface area contributed by atoms with Crippen LogP contribution in [0.3, 0.4) is 0 Å². The Kier molecular flexibility index (Phi) is 8.15. The maximum atomic E-state index is 12.7. The van der Waals surface area contributed by atoms with Crippen molar-refractivity contribution in [3.05, 3.63) is 0 Å². The molecule has 0 bridgehead atoms. The first-order valence-corrected chi connectivity index (χ1v) is 11.4. The second-order valence-corrected chi connectivity index (χ2v) is 8.41. The summed E-state index contributed by atoms with van der Waals surface area (Å²) in [5, 5.41) is 6.40. The normalized spacial score (nSPS) is 21.9. The molecule has 0 aromatic heterocycles. The van der Waals surface area contributed by atoms with Crippen molar-refractivity contribution in [1.82, 2.24) is 25.3 Å². The standard InChI is InChI=1S/C21H38N6O2/c1-3-22-21(23-10-6-7-19(28)24-18-8-9-18)27-15-13-25(14-16-27)17(2)20(29)26-11-4-5-12-26/h17-18H,3-16H2,1-2H3,(H,22,23)(H,24,28). The Bertz CT molecular complexity index is 578. The number of hydrogen-bond acceptors (Lipinski definition) is 4. The summed E-state index contributed by atoms with van der Waals surface area (Å²) in [5.41, 5.74) is 0. The molecular formula is C21H38N6O2. The fourth-order valence-corrected chi connectivity index (χ4v) is 4.06. The van der Waals surface area contributed by atoms with Crippen molar-refractivity contribution in [3.63, 3.8) is 0 Å². The van der Waals surface area contributed by atoms with Crippen molar-refractivity contribution >= 4 is 17.8 Å². The van der Waals surface area contributed by atoms with Gasteiger partial charge in [-0.15, -0.1) is 0 Å². The van der Waals surface area contributed by atoms with Crippen molar-refractivity contribution in [2.45, 2.75) is 64.5 Å². The minimum Gasteiger partial charge on any atom is -0.357 e. The zero-order valence-corrected chi connectivity index (χ0v) is 18.2. The Morgan fingerprint density at radius 2 is 1.72 bits per heavy atom. The Morgan fingerprint density at radius 3 is 2.34 bits per heavy atom. The monoisotopic (exact) mass is 406 g/mol. The molecule has 8 nitrogen and oxygen atoms in total. The van der Waals surface area contributed by atoms with Gasteiger partial charge in [-0.25, -0.2) is 0 Å². The quantitative estimate of drug-likeness (QED) is 0.351. The average molecular weight is 407 g/mol. The zero-order chi connectivity index (χ0) is 20.6. The molecule has 8 heteroatoms. The smallest absolute Gasteiger partial charge is 0.239 e. The second kappa shape index (κ2) is 10.8. The molecule has 2 heterocycles. The van der Waals surface area contributed by atoms with Gasteiger partial charge in [-0.1, -0.05) is 0 Å². The number of nitrogens with zero attached hydrogens (tertiary/aromatic N) is 4. The van der Waals surface area contributed by atoms with E-state index in [9.17, 15) is 9.59 Å². The third-order valence-corrected chi connectivity index (χ3v) is 6.04. The van der Waals surface area contributed by atoms with E-state index in [0.29, 0.717) is 19.0 Å². The van der Waals surface area contributed by atoms with Gasteiger partial charge in [0.05, 0.1) is 6.04 Å². The van der Waals surface area contributed by atoms with Crippen LogP contribution in [0.5, 0.6) is 0 Å². The SMILES string of the molecule is CCNC(=NCCCC(=O)NC1CC1)N1CCN(C(C)C(=O)N2CCCC2)CC1. The van der Waals surface area contributed by atoms with Crippen LogP contribution in [0.2, 0.25) is 0 Å². The first-order valence-electron chi connectivity index (χ1n) is 11.4. The summed E-state index contributed by atoms with van der Waals surface area (Å²) in [6.45, 7) is 10.9. The third kappa shape index (κ3) is 6.59. The van der Waals surface area contributed by atoms with E-state index >= 15 is 0 Å². The van der Waals surface area contributed by atoms with E-state index in [1.807, 2.05) is 11.8 Å². The maximum absolute atomic E-state index is 12.7. The molecule has 1 saturated carbocycles. The lowest BCUT2D eigenvalue weighted by atomic mass is 10.2. The van der Waals surface area contributed by atoms with Crippen LogP contribution in [0.1, 0.15) is 52.4 Å². The van der Waals surface area contributed by atoms with Crippen LogP contribution in [-0.4, -0.2) is 96.9 Å². The Labute approximate surface area is 175 Å². The van der Waals surface area contributed by atoms with Crippen molar-refractivity contribution in [2.75, 3.05) is 52.4 Å². The molecule has 1 unspecified atom stereocenters. The average Bonchev–Trinajstić information content (AvgIpc) is 3.37. The van der Waals surface area contributed by atoms with Crippen molar-refractivity contribution in [1.29, 1.82) is 0 Å². The summed E-state index contributed by atoms with van der Waals surface area (Å²) in [6.07, 6.45) is 5.84. The molecule has 3 aliphatic rings. The van der Waals surface area contributed by atoms with Gasteiger partial charge in [-0.3, -0.25) is 19.5 Å². The number of rotatable bonds is 8. The Morgan fingerprint density at radius 1 is 1.03 bits per heavy atom. The fraction of sp³-hybridized carbons (Fsp3) is 0.857. The maximum Gasteiger partial charge on any atom is 0.239 e. The molecule has 2 N–H and O–H groups in total. The molecule has 29 heavy (non-hydrogen) atoms. The number of nitrogens with one attached hydrogen (secondary N) is 2. The first kappa shape index (κ1) is 21.9. The summed E-state index contributed by atoms with van der Waals surface area (Å²) in [7, 11) is 0. The number of carbonyl (C=O) groups is 2. The number of amides is 2. The van der Waals surface area contributed by atoms with Gasteiger partial charge in [0.25, 0.3) is 0 Å². The fourth-order valence-electron chi connectivity index (χ4n) is 4.06. The number of likely N-dealkylation sites (tertiary alicyclic amines) is 1. The molecule has 2 aliphatic heterocycles. The topological polar surface area (TPSA) is 80.3 Å². The van der Waals surface area contributed by atoms with Crippen molar-refractivity contribution in [2.24, 2.45) is 4.99 Å². The predicted molar refractivity (Wildman–Crippen MR) is 115 cm³/mol. The van der Waals surface area contributed by atoms with Gasteiger partial charge in [-0.2, -0.15) is 0 Å². The lowest BCUT2D eigenvalue weighted by Gasteiger charge is -2.39. The van der Waals surface area contributed by atoms with Crippen LogP contribution in [0.15, 0.2) is 4.99 Å². The number of hydrogen-bond donors (Lipinski definition) is 2. The molecule has 2 amide bonds. The Balaban J connectivity index is 1.41. The summed E-state index contributed by atoms with van der Waals surface area (Å²) in [6, 6.07) is 0.388. The highest BCUT2D eigenvalue weighted by Crippen LogP contribution is 2.18. The third-order valence-electron chi connectivity index (χ3n) is 6.04. The van der Waals surface area contributed by atoms with E-state index in [1.54, 1.807) is 0 Å². The molecule has 0 aromatic carbocycles. The number of guanidine groups is 1. The molecule has 3 rings (SSSR count). The van der Waals surface area contributed by atoms with Crippen LogP contribution in [0, 0.1) is 0 Å². The minimum absolute atomic E-state index is 0.0419. The molecule has 3 fully saturated rings. The highest BCUT2D eigenvalue weighted by molar-refractivity contribution is 5.82. The summed E-state index contributed by atoms with van der Waals surface area (Å²) in [4.78, 5) is 35.8. The van der Waals surface area contributed by atoms with Gasteiger partial charge < -0.3 is 20.4 Å². The highest BCUT2D eigenvalue weighted by Gasteiger charge is 2.30. The summed E-state index contributed by atoms with van der Waals surface area (Å²) >= 11 is 0. The van der Waals surface area contributed by atoms with Gasteiger partial charge in [0, 0.05) is 64.8 Å². The van der Waals surface area contributed by atoms with E-state index < -0.39 is 0 Å². The van der Waals surface area contributed by atoms with Crippen LogP contribution in [0.25, 0.3) is 0 Å². The number of aliphatic imine (C=N–C) groups is 1. The van der Waals surface area contributed by atoms with Crippen LogP contribution in [-0.2, 0) is 9.59 Å². The van der Waals surface area contributed by atoms with Gasteiger partial charge >= 0.3 is 0 Å². The molecule has 164 valence electrons.